The molecule has 0 N–H and O–H groups in total. The molecule has 1 aliphatic carbocycles. The molecule has 1 unspecified atom stereocenters. The zero-order valence-corrected chi connectivity index (χ0v) is 5.54. The van der Waals surface area contributed by atoms with Crippen LogP contribution in [0, 0.1) is 0 Å². The molecular weight excluding hydrogens is 123 g/mol. The summed E-state index contributed by atoms with van der Waals surface area (Å²) in [6.07, 6.45) is 3.79. The molecule has 0 spiro atoms. The molecule has 0 aromatic carbocycles. The van der Waals surface area contributed by atoms with Crippen molar-refractivity contribution in [2.45, 2.75) is 12.8 Å². The normalized spacial score (nSPS) is 16.4. The van der Waals surface area contributed by atoms with Gasteiger partial charge in [-0.1, -0.05) is 6.08 Å². The predicted octanol–water partition coefficient (Wildman–Crippen LogP) is 1.04. The summed E-state index contributed by atoms with van der Waals surface area (Å²) in [6.45, 7) is 0. The molecule has 8 heavy (non-hydrogen) atoms. The first kappa shape index (κ1) is 5.77. The van der Waals surface area contributed by atoms with Crippen LogP contribution in [-0.4, -0.2) is 5.97 Å². The fraction of sp³-hybridized carbons (Fsp3) is 0.400. The Bertz CT molecular complexity index is 139. The first-order valence-corrected chi connectivity index (χ1v) is 2.92. The van der Waals surface area contributed by atoms with Crippen molar-refractivity contribution in [2.24, 2.45) is 0 Å². The van der Waals surface area contributed by atoms with Gasteiger partial charge in [-0.2, -0.15) is 0 Å². The minimum Gasteiger partial charge on any atom is -0.448 e. The predicted molar refractivity (Wildman–Crippen MR) is 33.1 cm³/mol. The molecule has 1 atom stereocenters. The highest BCUT2D eigenvalue weighted by molar-refractivity contribution is 7.10. The second-order valence-corrected chi connectivity index (χ2v) is 1.91. The molecule has 0 saturated heterocycles. The third-order valence-corrected chi connectivity index (χ3v) is 1.39. The lowest BCUT2D eigenvalue weighted by molar-refractivity contribution is -0.129. The summed E-state index contributed by atoms with van der Waals surface area (Å²) in [5.74, 6) is -0.207. The highest BCUT2D eigenvalue weighted by Gasteiger charge is 2.13. The standard InChI is InChI=1S/C5H7O2P/c6-5(7-8)4-2-1-3-4/h2H,1,3,8H2. The van der Waals surface area contributed by atoms with E-state index >= 15 is 0 Å². The second-order valence-electron chi connectivity index (χ2n) is 1.67. The topological polar surface area (TPSA) is 26.3 Å². The van der Waals surface area contributed by atoms with E-state index in [4.69, 9.17) is 0 Å². The summed E-state index contributed by atoms with van der Waals surface area (Å²) >= 11 is 0. The molecule has 1 aliphatic rings. The summed E-state index contributed by atoms with van der Waals surface area (Å²) in [7, 11) is 1.94. The Morgan fingerprint density at radius 2 is 2.50 bits per heavy atom. The van der Waals surface area contributed by atoms with Gasteiger partial charge in [0.1, 0.15) is 0 Å². The number of carbonyl (C=O) groups excluding carboxylic acids is 1. The van der Waals surface area contributed by atoms with Crippen LogP contribution in [0.15, 0.2) is 11.6 Å². The molecule has 3 heteroatoms. The Labute approximate surface area is 50.2 Å². The van der Waals surface area contributed by atoms with E-state index in [0.717, 1.165) is 18.4 Å². The van der Waals surface area contributed by atoms with Gasteiger partial charge in [0.2, 0.25) is 0 Å². The van der Waals surface area contributed by atoms with Crippen molar-refractivity contribution in [1.29, 1.82) is 0 Å². The molecule has 0 aliphatic heterocycles. The van der Waals surface area contributed by atoms with Crippen LogP contribution in [0.4, 0.5) is 0 Å². The SMILES string of the molecule is O=C(OP)C1=CCC1. The van der Waals surface area contributed by atoms with Crippen LogP contribution in [0.1, 0.15) is 12.8 Å². The van der Waals surface area contributed by atoms with E-state index in [1.54, 1.807) is 0 Å². The molecule has 0 aromatic rings. The Balaban J connectivity index is 2.47. The van der Waals surface area contributed by atoms with Gasteiger partial charge < -0.3 is 4.52 Å². The molecule has 0 aromatic heterocycles. The Hall–Kier alpha value is -0.360. The number of carbonyl (C=O) groups is 1. The van der Waals surface area contributed by atoms with Gasteiger partial charge in [0.15, 0.2) is 0 Å². The van der Waals surface area contributed by atoms with E-state index < -0.39 is 0 Å². The number of rotatable bonds is 1. The molecule has 0 heterocycles. The lowest BCUT2D eigenvalue weighted by Crippen LogP contribution is -2.06. The highest BCUT2D eigenvalue weighted by Crippen LogP contribution is 2.19. The van der Waals surface area contributed by atoms with Gasteiger partial charge in [-0.05, 0) is 12.8 Å². The molecule has 0 amide bonds. The lowest BCUT2D eigenvalue weighted by Gasteiger charge is -2.09. The summed E-state index contributed by atoms with van der Waals surface area (Å²) < 4.78 is 4.36. The zero-order valence-electron chi connectivity index (χ0n) is 4.39. The van der Waals surface area contributed by atoms with Gasteiger partial charge in [0.05, 0.1) is 9.47 Å². The van der Waals surface area contributed by atoms with Crippen LogP contribution in [0.3, 0.4) is 0 Å². The number of hydrogen-bond acceptors (Lipinski definition) is 2. The van der Waals surface area contributed by atoms with Gasteiger partial charge in [-0.15, -0.1) is 0 Å². The van der Waals surface area contributed by atoms with Crippen molar-refractivity contribution in [1.82, 2.24) is 0 Å². The zero-order chi connectivity index (χ0) is 5.98. The van der Waals surface area contributed by atoms with Crippen molar-refractivity contribution in [3.8, 4) is 0 Å². The third kappa shape index (κ3) is 0.896. The maximum atomic E-state index is 10.5. The van der Waals surface area contributed by atoms with E-state index in [1.807, 2.05) is 15.5 Å². The maximum absolute atomic E-state index is 10.5. The van der Waals surface area contributed by atoms with Crippen LogP contribution >= 0.6 is 9.47 Å². The molecule has 1 rings (SSSR count). The Morgan fingerprint density at radius 3 is 2.62 bits per heavy atom. The molecule has 44 valence electrons. The highest BCUT2D eigenvalue weighted by atomic mass is 31.0. The van der Waals surface area contributed by atoms with Crippen LogP contribution < -0.4 is 0 Å². The lowest BCUT2D eigenvalue weighted by atomic mass is 10.00. The molecule has 0 saturated carbocycles. The van der Waals surface area contributed by atoms with E-state index in [0.29, 0.717) is 0 Å². The Kier molecular flexibility index (Phi) is 1.64. The van der Waals surface area contributed by atoms with E-state index in [1.165, 1.54) is 0 Å². The molecule has 0 bridgehead atoms. The van der Waals surface area contributed by atoms with Crippen LogP contribution in [0.25, 0.3) is 0 Å². The van der Waals surface area contributed by atoms with Gasteiger partial charge in [0, 0.05) is 5.57 Å². The van der Waals surface area contributed by atoms with Crippen molar-refractivity contribution in [3.63, 3.8) is 0 Å². The van der Waals surface area contributed by atoms with Crippen molar-refractivity contribution < 1.29 is 9.32 Å². The summed E-state index contributed by atoms with van der Waals surface area (Å²) in [5.41, 5.74) is 0.806. The van der Waals surface area contributed by atoms with Crippen molar-refractivity contribution in [3.05, 3.63) is 11.6 Å². The van der Waals surface area contributed by atoms with Gasteiger partial charge in [-0.3, -0.25) is 0 Å². The summed E-state index contributed by atoms with van der Waals surface area (Å²) in [4.78, 5) is 10.5. The number of allylic oxidation sites excluding steroid dienone is 1. The smallest absolute Gasteiger partial charge is 0.335 e. The maximum Gasteiger partial charge on any atom is 0.335 e. The van der Waals surface area contributed by atoms with Crippen molar-refractivity contribution in [2.75, 3.05) is 0 Å². The van der Waals surface area contributed by atoms with Gasteiger partial charge in [-0.25, -0.2) is 4.79 Å². The molecule has 0 fully saturated rings. The van der Waals surface area contributed by atoms with Crippen LogP contribution in [0.2, 0.25) is 0 Å². The first-order chi connectivity index (χ1) is 3.84. The fourth-order valence-electron chi connectivity index (χ4n) is 0.550. The fourth-order valence-corrected chi connectivity index (χ4v) is 0.701. The van der Waals surface area contributed by atoms with Crippen LogP contribution in [0.5, 0.6) is 0 Å². The van der Waals surface area contributed by atoms with Crippen molar-refractivity contribution >= 4 is 15.4 Å². The van der Waals surface area contributed by atoms with E-state index in [-0.39, 0.29) is 5.97 Å². The molecule has 2 nitrogen and oxygen atoms in total. The minimum absolute atomic E-state index is 0.207. The first-order valence-electron chi connectivity index (χ1n) is 2.44. The van der Waals surface area contributed by atoms with Crippen LogP contribution in [-0.2, 0) is 9.32 Å². The van der Waals surface area contributed by atoms with E-state index in [9.17, 15) is 4.79 Å². The quantitative estimate of drug-likeness (QED) is 0.495. The monoisotopic (exact) mass is 130 g/mol. The Morgan fingerprint density at radius 1 is 1.88 bits per heavy atom. The average molecular weight is 130 g/mol. The average Bonchev–Trinajstić information content (AvgIpc) is 1.62. The number of hydrogen-bond donors (Lipinski definition) is 0. The summed E-state index contributed by atoms with van der Waals surface area (Å²) in [6, 6.07) is 0. The van der Waals surface area contributed by atoms with E-state index in [2.05, 4.69) is 4.52 Å². The van der Waals surface area contributed by atoms with Gasteiger partial charge >= 0.3 is 5.97 Å². The summed E-state index contributed by atoms with van der Waals surface area (Å²) in [5, 5.41) is 0. The molecule has 0 radical (unpaired) electrons. The minimum atomic E-state index is -0.207. The van der Waals surface area contributed by atoms with Gasteiger partial charge in [0.25, 0.3) is 0 Å². The second kappa shape index (κ2) is 2.27. The molecular formula is C5H7O2P. The third-order valence-electron chi connectivity index (χ3n) is 1.17. The largest absolute Gasteiger partial charge is 0.448 e.